The van der Waals surface area contributed by atoms with Gasteiger partial charge in [-0.15, -0.1) is 0 Å². The summed E-state index contributed by atoms with van der Waals surface area (Å²) < 4.78 is 5.45. The van der Waals surface area contributed by atoms with Gasteiger partial charge in [-0.25, -0.2) is 0 Å². The molecule has 0 aliphatic heterocycles. The summed E-state index contributed by atoms with van der Waals surface area (Å²) in [6, 6.07) is 15.6. The van der Waals surface area contributed by atoms with E-state index in [0.29, 0.717) is 12.1 Å². The van der Waals surface area contributed by atoms with Crippen molar-refractivity contribution in [2.75, 3.05) is 34.8 Å². The van der Waals surface area contributed by atoms with E-state index in [0.717, 1.165) is 29.4 Å². The predicted octanol–water partition coefficient (Wildman–Crippen LogP) is 2.87. The number of hydrogen-bond acceptors (Lipinski definition) is 3. The average Bonchev–Trinajstić information content (AvgIpc) is 2.73. The van der Waals surface area contributed by atoms with E-state index < -0.39 is 0 Å². The van der Waals surface area contributed by atoms with E-state index in [2.05, 4.69) is 28.6 Å². The Hall–Kier alpha value is -3.02. The van der Waals surface area contributed by atoms with E-state index in [-0.39, 0.29) is 11.8 Å². The van der Waals surface area contributed by atoms with Gasteiger partial charge in [-0.3, -0.25) is 9.79 Å². The fourth-order valence-corrected chi connectivity index (χ4v) is 2.86. The third kappa shape index (κ3) is 5.74. The lowest BCUT2D eigenvalue weighted by molar-refractivity contribution is 0.0827. The molecule has 0 aliphatic rings. The third-order valence-corrected chi connectivity index (χ3v) is 4.54. The molecule has 0 bridgehead atoms. The molecular formula is C22H30N4O2. The number of nitrogens with one attached hydrogen (secondary N) is 2. The largest absolute Gasteiger partial charge is 0.496 e. The first-order valence-corrected chi connectivity index (χ1v) is 9.34. The van der Waals surface area contributed by atoms with Crippen LogP contribution in [0.3, 0.4) is 0 Å². The number of ether oxygens (including phenoxy) is 1. The number of methoxy groups -OCH3 is 1. The molecule has 2 aromatic rings. The second kappa shape index (κ2) is 10.3. The van der Waals surface area contributed by atoms with Crippen molar-refractivity contribution in [2.45, 2.75) is 19.4 Å². The molecule has 1 amide bonds. The van der Waals surface area contributed by atoms with Crippen molar-refractivity contribution in [3.05, 3.63) is 65.2 Å². The van der Waals surface area contributed by atoms with Crippen LogP contribution in [0.1, 0.15) is 34.3 Å². The molecule has 6 heteroatoms. The normalized spacial score (nSPS) is 12.2. The molecule has 0 saturated heterocycles. The highest BCUT2D eigenvalue weighted by Gasteiger charge is 2.12. The van der Waals surface area contributed by atoms with Crippen LogP contribution in [0.2, 0.25) is 0 Å². The molecule has 0 aromatic heterocycles. The highest BCUT2D eigenvalue weighted by atomic mass is 16.5. The minimum atomic E-state index is 0.00214. The van der Waals surface area contributed by atoms with Crippen LogP contribution in [0.15, 0.2) is 53.5 Å². The lowest BCUT2D eigenvalue weighted by Gasteiger charge is -2.18. The number of aliphatic imine (C=N–C) groups is 1. The molecule has 2 rings (SSSR count). The third-order valence-electron chi connectivity index (χ3n) is 4.54. The lowest BCUT2D eigenvalue weighted by Crippen LogP contribution is -2.38. The molecule has 0 fully saturated rings. The number of nitrogens with zero attached hydrogens (tertiary/aromatic N) is 2. The minimum Gasteiger partial charge on any atom is -0.496 e. The number of carbonyl (C=O) groups is 1. The first kappa shape index (κ1) is 21.3. The second-order valence-corrected chi connectivity index (χ2v) is 6.85. The molecule has 2 N–H and O–H groups in total. The summed E-state index contributed by atoms with van der Waals surface area (Å²) in [6.45, 7) is 3.51. The van der Waals surface area contributed by atoms with Gasteiger partial charge in [-0.2, -0.15) is 0 Å². The Balaban J connectivity index is 1.88. The SMILES string of the molecule is CN=C(NCc1ccc(C(=O)N(C)C)cc1)NCC(C)c1ccccc1OC. The summed E-state index contributed by atoms with van der Waals surface area (Å²) in [7, 11) is 6.94. The van der Waals surface area contributed by atoms with E-state index in [4.69, 9.17) is 4.74 Å². The van der Waals surface area contributed by atoms with Crippen molar-refractivity contribution < 1.29 is 9.53 Å². The monoisotopic (exact) mass is 382 g/mol. The quantitative estimate of drug-likeness (QED) is 0.571. The Kier molecular flexibility index (Phi) is 7.87. The Morgan fingerprint density at radius 1 is 1.11 bits per heavy atom. The Morgan fingerprint density at radius 2 is 1.79 bits per heavy atom. The lowest BCUT2D eigenvalue weighted by atomic mass is 10.0. The van der Waals surface area contributed by atoms with E-state index in [9.17, 15) is 4.79 Å². The van der Waals surface area contributed by atoms with E-state index in [1.807, 2.05) is 42.5 Å². The average molecular weight is 383 g/mol. The van der Waals surface area contributed by atoms with E-state index in [1.54, 1.807) is 33.2 Å². The van der Waals surface area contributed by atoms with Gasteiger partial charge in [0.1, 0.15) is 5.75 Å². The smallest absolute Gasteiger partial charge is 0.253 e. The fraction of sp³-hybridized carbons (Fsp3) is 0.364. The van der Waals surface area contributed by atoms with Gasteiger partial charge in [0.15, 0.2) is 5.96 Å². The number of hydrogen-bond donors (Lipinski definition) is 2. The standard InChI is InChI=1S/C22H30N4O2/c1-16(19-8-6-7-9-20(19)28-5)14-24-22(23-2)25-15-17-10-12-18(13-11-17)21(27)26(3)4/h6-13,16H,14-15H2,1-5H3,(H2,23,24,25). The number of carbonyl (C=O) groups excluding carboxylic acids is 1. The van der Waals surface area contributed by atoms with Crippen LogP contribution in [0.4, 0.5) is 0 Å². The molecule has 6 nitrogen and oxygen atoms in total. The fourth-order valence-electron chi connectivity index (χ4n) is 2.86. The first-order chi connectivity index (χ1) is 13.5. The molecule has 2 aromatic carbocycles. The number of guanidine groups is 1. The maximum Gasteiger partial charge on any atom is 0.253 e. The van der Waals surface area contributed by atoms with Crippen molar-refractivity contribution in [3.8, 4) is 5.75 Å². The van der Waals surface area contributed by atoms with Crippen molar-refractivity contribution in [3.63, 3.8) is 0 Å². The Labute approximate surface area is 167 Å². The molecule has 1 atom stereocenters. The van der Waals surface area contributed by atoms with Gasteiger partial charge in [-0.1, -0.05) is 37.3 Å². The number of benzene rings is 2. The van der Waals surface area contributed by atoms with Gasteiger partial charge < -0.3 is 20.3 Å². The van der Waals surface area contributed by atoms with Crippen LogP contribution >= 0.6 is 0 Å². The first-order valence-electron chi connectivity index (χ1n) is 9.34. The van der Waals surface area contributed by atoms with Crippen LogP contribution < -0.4 is 15.4 Å². The molecule has 0 saturated carbocycles. The van der Waals surface area contributed by atoms with Gasteiger partial charge >= 0.3 is 0 Å². The van der Waals surface area contributed by atoms with E-state index in [1.165, 1.54) is 0 Å². The zero-order valence-electron chi connectivity index (χ0n) is 17.3. The maximum absolute atomic E-state index is 12.0. The summed E-state index contributed by atoms with van der Waals surface area (Å²) in [5.41, 5.74) is 2.92. The van der Waals surface area contributed by atoms with Crippen LogP contribution in [-0.2, 0) is 6.54 Å². The maximum atomic E-state index is 12.0. The second-order valence-electron chi connectivity index (χ2n) is 6.85. The Bertz CT molecular complexity index is 800. The van der Waals surface area contributed by atoms with Gasteiger partial charge in [0.25, 0.3) is 5.91 Å². The molecule has 1 unspecified atom stereocenters. The van der Waals surface area contributed by atoms with Gasteiger partial charge in [0.2, 0.25) is 0 Å². The van der Waals surface area contributed by atoms with Crippen LogP contribution in [0.5, 0.6) is 5.75 Å². The van der Waals surface area contributed by atoms with Crippen molar-refractivity contribution in [1.82, 2.24) is 15.5 Å². The van der Waals surface area contributed by atoms with Crippen LogP contribution in [0, 0.1) is 0 Å². The highest BCUT2D eigenvalue weighted by Crippen LogP contribution is 2.25. The highest BCUT2D eigenvalue weighted by molar-refractivity contribution is 5.93. The molecule has 150 valence electrons. The molecular weight excluding hydrogens is 352 g/mol. The number of rotatable bonds is 7. The zero-order valence-corrected chi connectivity index (χ0v) is 17.3. The molecule has 0 heterocycles. The number of amides is 1. The van der Waals surface area contributed by atoms with Crippen molar-refractivity contribution in [2.24, 2.45) is 4.99 Å². The van der Waals surface area contributed by atoms with Crippen molar-refractivity contribution in [1.29, 1.82) is 0 Å². The molecule has 0 spiro atoms. The topological polar surface area (TPSA) is 66.0 Å². The van der Waals surface area contributed by atoms with E-state index >= 15 is 0 Å². The molecule has 0 radical (unpaired) electrons. The van der Waals surface area contributed by atoms with Gasteiger partial charge in [0.05, 0.1) is 7.11 Å². The van der Waals surface area contributed by atoms with Crippen molar-refractivity contribution >= 4 is 11.9 Å². The molecule has 0 aliphatic carbocycles. The summed E-state index contributed by atoms with van der Waals surface area (Å²) in [5.74, 6) is 1.90. The summed E-state index contributed by atoms with van der Waals surface area (Å²) >= 11 is 0. The summed E-state index contributed by atoms with van der Waals surface area (Å²) in [4.78, 5) is 17.8. The summed E-state index contributed by atoms with van der Waals surface area (Å²) in [5, 5.41) is 6.66. The number of para-hydroxylation sites is 1. The minimum absolute atomic E-state index is 0.00214. The predicted molar refractivity (Wildman–Crippen MR) is 114 cm³/mol. The van der Waals surface area contributed by atoms with Gasteiger partial charge in [0, 0.05) is 45.7 Å². The van der Waals surface area contributed by atoms with Crippen LogP contribution in [0.25, 0.3) is 0 Å². The van der Waals surface area contributed by atoms with Gasteiger partial charge in [-0.05, 0) is 29.3 Å². The molecule has 28 heavy (non-hydrogen) atoms. The zero-order chi connectivity index (χ0) is 20.5. The summed E-state index contributed by atoms with van der Waals surface area (Å²) in [6.07, 6.45) is 0. The van der Waals surface area contributed by atoms with Crippen LogP contribution in [-0.4, -0.2) is 51.6 Å². The Morgan fingerprint density at radius 3 is 2.39 bits per heavy atom.